The maximum Gasteiger partial charge on any atom is 0.188 e. The molecule has 0 bridgehead atoms. The van der Waals surface area contributed by atoms with Crippen LogP contribution >= 0.6 is 0 Å². The third kappa shape index (κ3) is 1.76. The molecule has 0 saturated carbocycles. The topological polar surface area (TPSA) is 34.9 Å². The van der Waals surface area contributed by atoms with Crippen molar-refractivity contribution >= 4 is 5.78 Å². The summed E-state index contributed by atoms with van der Waals surface area (Å²) in [5.74, 6) is 0.0890. The molecule has 16 heavy (non-hydrogen) atoms. The molecule has 0 unspecified atom stereocenters. The number of hydrogen-bond acceptors (Lipinski definition) is 2. The van der Waals surface area contributed by atoms with Crippen molar-refractivity contribution in [2.45, 2.75) is 19.4 Å². The zero-order chi connectivity index (χ0) is 11.6. The second-order valence-corrected chi connectivity index (χ2v) is 4.22. The Hall–Kier alpha value is -1.90. The van der Waals surface area contributed by atoms with Crippen molar-refractivity contribution in [2.75, 3.05) is 0 Å². The molecule has 0 aliphatic carbocycles. The van der Waals surface area contributed by atoms with Crippen molar-refractivity contribution in [1.82, 2.24) is 9.55 Å². The SMILES string of the molecule is CC(C)(C(=O)c1ccccc1)n1ccnc1. The molecule has 1 aromatic carbocycles. The van der Waals surface area contributed by atoms with Gasteiger partial charge in [-0.2, -0.15) is 0 Å². The summed E-state index contributed by atoms with van der Waals surface area (Å²) in [6, 6.07) is 9.32. The summed E-state index contributed by atoms with van der Waals surface area (Å²) in [6.45, 7) is 3.79. The number of carbonyl (C=O) groups is 1. The summed E-state index contributed by atoms with van der Waals surface area (Å²) in [6.07, 6.45) is 5.15. The van der Waals surface area contributed by atoms with Gasteiger partial charge in [-0.15, -0.1) is 0 Å². The van der Waals surface area contributed by atoms with Crippen LogP contribution in [0.5, 0.6) is 0 Å². The van der Waals surface area contributed by atoms with E-state index in [2.05, 4.69) is 4.98 Å². The Labute approximate surface area is 94.7 Å². The van der Waals surface area contributed by atoms with Gasteiger partial charge in [-0.25, -0.2) is 4.98 Å². The first kappa shape index (κ1) is 10.6. The first-order valence-electron chi connectivity index (χ1n) is 5.20. The second kappa shape index (κ2) is 3.93. The Morgan fingerprint density at radius 2 is 1.94 bits per heavy atom. The van der Waals surface area contributed by atoms with Gasteiger partial charge in [0.25, 0.3) is 0 Å². The van der Waals surface area contributed by atoms with Crippen LogP contribution in [0.3, 0.4) is 0 Å². The third-order valence-electron chi connectivity index (χ3n) is 2.74. The molecule has 0 saturated heterocycles. The summed E-state index contributed by atoms with van der Waals surface area (Å²) in [5.41, 5.74) is 0.124. The quantitative estimate of drug-likeness (QED) is 0.736. The largest absolute Gasteiger partial charge is 0.324 e. The van der Waals surface area contributed by atoms with Crippen LogP contribution in [0.4, 0.5) is 0 Å². The summed E-state index contributed by atoms with van der Waals surface area (Å²) < 4.78 is 1.82. The van der Waals surface area contributed by atoms with Crippen LogP contribution in [0.2, 0.25) is 0 Å². The van der Waals surface area contributed by atoms with Gasteiger partial charge in [0.1, 0.15) is 5.54 Å². The Bertz CT molecular complexity index is 472. The first-order valence-corrected chi connectivity index (χ1v) is 5.20. The predicted octanol–water partition coefficient (Wildman–Crippen LogP) is 2.50. The molecular formula is C13H14N2O. The number of carbonyl (C=O) groups excluding carboxylic acids is 1. The van der Waals surface area contributed by atoms with E-state index in [1.165, 1.54) is 0 Å². The number of rotatable bonds is 3. The third-order valence-corrected chi connectivity index (χ3v) is 2.74. The van der Waals surface area contributed by atoms with Gasteiger partial charge in [-0.3, -0.25) is 4.79 Å². The smallest absolute Gasteiger partial charge is 0.188 e. The monoisotopic (exact) mass is 214 g/mol. The van der Waals surface area contributed by atoms with E-state index in [1.807, 2.05) is 48.7 Å². The summed E-state index contributed by atoms with van der Waals surface area (Å²) in [7, 11) is 0. The minimum atomic E-state index is -0.599. The minimum Gasteiger partial charge on any atom is -0.324 e. The van der Waals surface area contributed by atoms with Gasteiger partial charge in [-0.1, -0.05) is 30.3 Å². The molecule has 1 heterocycles. The summed E-state index contributed by atoms with van der Waals surface area (Å²) in [5, 5.41) is 0. The Morgan fingerprint density at radius 3 is 2.50 bits per heavy atom. The van der Waals surface area contributed by atoms with Crippen molar-refractivity contribution in [1.29, 1.82) is 0 Å². The highest BCUT2D eigenvalue weighted by Gasteiger charge is 2.29. The lowest BCUT2D eigenvalue weighted by Gasteiger charge is -2.24. The van der Waals surface area contributed by atoms with Crippen LogP contribution in [0.15, 0.2) is 49.1 Å². The van der Waals surface area contributed by atoms with Crippen molar-refractivity contribution in [3.63, 3.8) is 0 Å². The van der Waals surface area contributed by atoms with Gasteiger partial charge in [0.2, 0.25) is 0 Å². The molecule has 82 valence electrons. The minimum absolute atomic E-state index is 0.0890. The van der Waals surface area contributed by atoms with Crippen LogP contribution in [0, 0.1) is 0 Å². The second-order valence-electron chi connectivity index (χ2n) is 4.22. The molecule has 3 heteroatoms. The van der Waals surface area contributed by atoms with Crippen molar-refractivity contribution < 1.29 is 4.79 Å². The van der Waals surface area contributed by atoms with Crippen LogP contribution in [0.25, 0.3) is 0 Å². The standard InChI is InChI=1S/C13H14N2O/c1-13(2,15-9-8-14-10-15)12(16)11-6-4-3-5-7-11/h3-10H,1-2H3. The molecule has 0 aliphatic heterocycles. The van der Waals surface area contributed by atoms with Gasteiger partial charge < -0.3 is 4.57 Å². The van der Waals surface area contributed by atoms with E-state index in [0.29, 0.717) is 0 Å². The number of hydrogen-bond donors (Lipinski definition) is 0. The number of imidazole rings is 1. The number of benzene rings is 1. The lowest BCUT2D eigenvalue weighted by molar-refractivity contribution is 0.0848. The van der Waals surface area contributed by atoms with Crippen LogP contribution < -0.4 is 0 Å². The molecule has 2 rings (SSSR count). The van der Waals surface area contributed by atoms with Crippen LogP contribution in [-0.2, 0) is 5.54 Å². The van der Waals surface area contributed by atoms with E-state index in [9.17, 15) is 4.79 Å². The van der Waals surface area contributed by atoms with Gasteiger partial charge in [-0.05, 0) is 13.8 Å². The molecule has 0 N–H and O–H groups in total. The highest BCUT2D eigenvalue weighted by molar-refractivity contribution is 6.01. The molecule has 0 atom stereocenters. The van der Waals surface area contributed by atoms with Gasteiger partial charge in [0.05, 0.1) is 6.33 Å². The number of ketones is 1. The van der Waals surface area contributed by atoms with Crippen molar-refractivity contribution in [2.24, 2.45) is 0 Å². The Morgan fingerprint density at radius 1 is 1.25 bits per heavy atom. The van der Waals surface area contributed by atoms with Crippen LogP contribution in [0.1, 0.15) is 24.2 Å². The van der Waals surface area contributed by atoms with Crippen LogP contribution in [-0.4, -0.2) is 15.3 Å². The van der Waals surface area contributed by atoms with E-state index >= 15 is 0 Å². The fourth-order valence-electron chi connectivity index (χ4n) is 1.65. The Kier molecular flexibility index (Phi) is 2.60. The molecule has 0 fully saturated rings. The predicted molar refractivity (Wildman–Crippen MR) is 62.3 cm³/mol. The molecule has 0 aliphatic rings. The number of Topliss-reactive ketones (excluding diaryl/α,β-unsaturated/α-hetero) is 1. The van der Waals surface area contributed by atoms with Gasteiger partial charge in [0.15, 0.2) is 5.78 Å². The van der Waals surface area contributed by atoms with E-state index < -0.39 is 5.54 Å². The van der Waals surface area contributed by atoms with E-state index in [1.54, 1.807) is 18.7 Å². The van der Waals surface area contributed by atoms with Crippen molar-refractivity contribution in [3.05, 3.63) is 54.6 Å². The molecule has 2 aromatic rings. The molecule has 0 radical (unpaired) electrons. The molecular weight excluding hydrogens is 200 g/mol. The summed E-state index contributed by atoms with van der Waals surface area (Å²) in [4.78, 5) is 16.3. The zero-order valence-electron chi connectivity index (χ0n) is 9.42. The first-order chi connectivity index (χ1) is 7.62. The fourth-order valence-corrected chi connectivity index (χ4v) is 1.65. The van der Waals surface area contributed by atoms with E-state index in [4.69, 9.17) is 0 Å². The lowest BCUT2D eigenvalue weighted by Crippen LogP contribution is -2.35. The average molecular weight is 214 g/mol. The molecule has 0 amide bonds. The van der Waals surface area contributed by atoms with E-state index in [0.717, 1.165) is 5.56 Å². The highest BCUT2D eigenvalue weighted by Crippen LogP contribution is 2.20. The average Bonchev–Trinajstić information content (AvgIpc) is 2.83. The lowest BCUT2D eigenvalue weighted by atomic mass is 9.93. The fraction of sp³-hybridized carbons (Fsp3) is 0.231. The molecule has 1 aromatic heterocycles. The van der Waals surface area contributed by atoms with Crippen molar-refractivity contribution in [3.8, 4) is 0 Å². The van der Waals surface area contributed by atoms with Gasteiger partial charge >= 0.3 is 0 Å². The summed E-state index contributed by atoms with van der Waals surface area (Å²) >= 11 is 0. The maximum absolute atomic E-state index is 12.3. The van der Waals surface area contributed by atoms with E-state index in [-0.39, 0.29) is 5.78 Å². The molecule has 0 spiro atoms. The normalized spacial score (nSPS) is 11.4. The highest BCUT2D eigenvalue weighted by atomic mass is 16.1. The molecule has 3 nitrogen and oxygen atoms in total. The number of nitrogens with zero attached hydrogens (tertiary/aromatic N) is 2. The number of aromatic nitrogens is 2. The Balaban J connectivity index is 2.36. The maximum atomic E-state index is 12.3. The zero-order valence-corrected chi connectivity index (χ0v) is 9.42. The van der Waals surface area contributed by atoms with Gasteiger partial charge in [0, 0.05) is 18.0 Å².